The van der Waals surface area contributed by atoms with Crippen LogP contribution in [0.2, 0.25) is 0 Å². The molecule has 0 aliphatic carbocycles. The van der Waals surface area contributed by atoms with Gasteiger partial charge in [0.15, 0.2) is 6.61 Å². The van der Waals surface area contributed by atoms with E-state index in [4.69, 9.17) is 9.72 Å². The average Bonchev–Trinajstić information content (AvgIpc) is 3.26. The van der Waals surface area contributed by atoms with Gasteiger partial charge in [-0.15, -0.1) is 11.3 Å². The molecule has 1 atom stereocenters. The largest absolute Gasteiger partial charge is 0.484 e. The number of rotatable bonds is 4. The van der Waals surface area contributed by atoms with Crippen molar-refractivity contribution in [3.8, 4) is 5.75 Å². The summed E-state index contributed by atoms with van der Waals surface area (Å²) in [5.74, 6) is -0.103. The molecule has 0 radical (unpaired) electrons. The van der Waals surface area contributed by atoms with Crippen molar-refractivity contribution in [3.05, 3.63) is 59.4 Å². The van der Waals surface area contributed by atoms with Crippen LogP contribution >= 0.6 is 11.3 Å². The molecular formula is C19H17FN2O2S. The second-order valence-electron chi connectivity index (χ2n) is 6.01. The Morgan fingerprint density at radius 1 is 1.28 bits per heavy atom. The van der Waals surface area contributed by atoms with Crippen LogP contribution in [0.5, 0.6) is 5.75 Å². The zero-order chi connectivity index (χ0) is 17.2. The third-order valence-electron chi connectivity index (χ3n) is 4.33. The lowest BCUT2D eigenvalue weighted by molar-refractivity contribution is -0.134. The van der Waals surface area contributed by atoms with Gasteiger partial charge in [0, 0.05) is 12.6 Å². The molecule has 1 aromatic heterocycles. The van der Waals surface area contributed by atoms with E-state index in [9.17, 15) is 9.18 Å². The smallest absolute Gasteiger partial charge is 0.261 e. The highest BCUT2D eigenvalue weighted by Crippen LogP contribution is 2.36. The summed E-state index contributed by atoms with van der Waals surface area (Å²) in [7, 11) is 0. The lowest BCUT2D eigenvalue weighted by atomic mass is 10.2. The molecule has 1 aliphatic rings. The SMILES string of the molecule is O=C(COc1cccc(F)c1)N1CCCC1c1nc2ccccc2s1. The quantitative estimate of drug-likeness (QED) is 0.704. The lowest BCUT2D eigenvalue weighted by Crippen LogP contribution is -2.34. The zero-order valence-corrected chi connectivity index (χ0v) is 14.3. The van der Waals surface area contributed by atoms with Gasteiger partial charge in [-0.05, 0) is 37.1 Å². The Balaban J connectivity index is 1.47. The molecule has 1 fully saturated rings. The number of amides is 1. The van der Waals surface area contributed by atoms with E-state index in [0.717, 1.165) is 28.1 Å². The van der Waals surface area contributed by atoms with Gasteiger partial charge in [0.25, 0.3) is 5.91 Å². The van der Waals surface area contributed by atoms with Gasteiger partial charge in [-0.25, -0.2) is 9.37 Å². The Morgan fingerprint density at radius 3 is 3.00 bits per heavy atom. The van der Waals surface area contributed by atoms with Crippen LogP contribution in [0.15, 0.2) is 48.5 Å². The summed E-state index contributed by atoms with van der Waals surface area (Å²) in [6.45, 7) is 0.608. The first-order valence-electron chi connectivity index (χ1n) is 8.24. The van der Waals surface area contributed by atoms with E-state index < -0.39 is 0 Å². The Morgan fingerprint density at radius 2 is 2.16 bits per heavy atom. The van der Waals surface area contributed by atoms with Gasteiger partial charge in [0.2, 0.25) is 0 Å². The van der Waals surface area contributed by atoms with Crippen molar-refractivity contribution in [2.75, 3.05) is 13.2 Å². The van der Waals surface area contributed by atoms with Crippen LogP contribution in [0.25, 0.3) is 10.2 Å². The number of hydrogen-bond donors (Lipinski definition) is 0. The van der Waals surface area contributed by atoms with Crippen molar-refractivity contribution >= 4 is 27.5 Å². The van der Waals surface area contributed by atoms with Crippen molar-refractivity contribution in [1.29, 1.82) is 0 Å². The molecule has 4 rings (SSSR count). The number of hydrogen-bond acceptors (Lipinski definition) is 4. The van der Waals surface area contributed by atoms with Crippen LogP contribution in [0.3, 0.4) is 0 Å². The first-order chi connectivity index (χ1) is 12.2. The van der Waals surface area contributed by atoms with Gasteiger partial charge in [0.1, 0.15) is 16.6 Å². The monoisotopic (exact) mass is 356 g/mol. The fourth-order valence-electron chi connectivity index (χ4n) is 3.14. The molecule has 4 nitrogen and oxygen atoms in total. The molecule has 3 aromatic rings. The summed E-state index contributed by atoms with van der Waals surface area (Å²) in [5.41, 5.74) is 0.970. The number of aromatic nitrogens is 1. The molecule has 1 unspecified atom stereocenters. The summed E-state index contributed by atoms with van der Waals surface area (Å²) < 4.78 is 19.8. The van der Waals surface area contributed by atoms with E-state index in [2.05, 4.69) is 0 Å². The number of carbonyl (C=O) groups excluding carboxylic acids is 1. The number of nitrogens with zero attached hydrogens (tertiary/aromatic N) is 2. The summed E-state index contributed by atoms with van der Waals surface area (Å²) in [5, 5.41) is 0.970. The molecular weight excluding hydrogens is 339 g/mol. The maximum Gasteiger partial charge on any atom is 0.261 e. The molecule has 0 spiro atoms. The summed E-state index contributed by atoms with van der Waals surface area (Å²) >= 11 is 1.64. The first-order valence-corrected chi connectivity index (χ1v) is 9.06. The molecule has 0 saturated carbocycles. The molecule has 25 heavy (non-hydrogen) atoms. The van der Waals surface area contributed by atoms with Crippen LogP contribution in [0.4, 0.5) is 4.39 Å². The Kier molecular flexibility index (Phi) is 4.36. The third-order valence-corrected chi connectivity index (χ3v) is 5.46. The van der Waals surface area contributed by atoms with Crippen molar-refractivity contribution in [2.24, 2.45) is 0 Å². The van der Waals surface area contributed by atoms with Gasteiger partial charge in [-0.2, -0.15) is 0 Å². The second-order valence-corrected chi connectivity index (χ2v) is 7.07. The van der Waals surface area contributed by atoms with Crippen LogP contribution < -0.4 is 4.74 Å². The Bertz CT molecular complexity index is 878. The fourth-order valence-corrected chi connectivity index (χ4v) is 4.25. The van der Waals surface area contributed by atoms with E-state index in [1.807, 2.05) is 29.2 Å². The molecule has 128 valence electrons. The fraction of sp³-hybridized carbons (Fsp3) is 0.263. The van der Waals surface area contributed by atoms with Gasteiger partial charge >= 0.3 is 0 Å². The van der Waals surface area contributed by atoms with E-state index >= 15 is 0 Å². The molecule has 1 aliphatic heterocycles. The highest BCUT2D eigenvalue weighted by atomic mass is 32.1. The van der Waals surface area contributed by atoms with Gasteiger partial charge < -0.3 is 9.64 Å². The number of para-hydroxylation sites is 1. The second kappa shape index (κ2) is 6.80. The van der Waals surface area contributed by atoms with Crippen LogP contribution in [-0.2, 0) is 4.79 Å². The maximum atomic E-state index is 13.2. The first kappa shape index (κ1) is 16.0. The van der Waals surface area contributed by atoms with Crippen molar-refractivity contribution in [1.82, 2.24) is 9.88 Å². The minimum absolute atomic E-state index is 0.000935. The molecule has 2 heterocycles. The van der Waals surface area contributed by atoms with E-state index in [-0.39, 0.29) is 24.4 Å². The Hall–Kier alpha value is -2.47. The number of fused-ring (bicyclic) bond motifs is 1. The van der Waals surface area contributed by atoms with Crippen LogP contribution in [-0.4, -0.2) is 28.9 Å². The van der Waals surface area contributed by atoms with Crippen LogP contribution in [0, 0.1) is 5.82 Å². The van der Waals surface area contributed by atoms with Crippen molar-refractivity contribution in [2.45, 2.75) is 18.9 Å². The van der Waals surface area contributed by atoms with Crippen molar-refractivity contribution in [3.63, 3.8) is 0 Å². The van der Waals surface area contributed by atoms with Gasteiger partial charge in [-0.3, -0.25) is 4.79 Å². The molecule has 0 N–H and O–H groups in total. The number of likely N-dealkylation sites (tertiary alicyclic amines) is 1. The molecule has 0 bridgehead atoms. The number of ether oxygens (including phenoxy) is 1. The standard InChI is InChI=1S/C19H17FN2O2S/c20-13-5-3-6-14(11-13)24-12-18(23)22-10-4-8-16(22)19-21-15-7-1-2-9-17(15)25-19/h1-3,5-7,9,11,16H,4,8,10,12H2. The van der Waals surface area contributed by atoms with E-state index in [1.165, 1.54) is 12.1 Å². The average molecular weight is 356 g/mol. The Labute approximate surface area is 148 Å². The number of carbonyl (C=O) groups is 1. The van der Waals surface area contributed by atoms with E-state index in [0.29, 0.717) is 12.3 Å². The van der Waals surface area contributed by atoms with Crippen molar-refractivity contribution < 1.29 is 13.9 Å². The third kappa shape index (κ3) is 3.35. The summed E-state index contributed by atoms with van der Waals surface area (Å²) in [6.07, 6.45) is 1.86. The molecule has 6 heteroatoms. The topological polar surface area (TPSA) is 42.4 Å². The van der Waals surface area contributed by atoms with Gasteiger partial charge in [0.05, 0.1) is 16.3 Å². The molecule has 1 amide bonds. The maximum absolute atomic E-state index is 13.2. The summed E-state index contributed by atoms with van der Waals surface area (Å²) in [4.78, 5) is 19.1. The molecule has 1 saturated heterocycles. The minimum atomic E-state index is -0.376. The normalized spacial score (nSPS) is 17.2. The lowest BCUT2D eigenvalue weighted by Gasteiger charge is -2.23. The minimum Gasteiger partial charge on any atom is -0.484 e. The summed E-state index contributed by atoms with van der Waals surface area (Å²) in [6, 6.07) is 13.8. The number of halogens is 1. The number of thiazole rings is 1. The van der Waals surface area contributed by atoms with E-state index in [1.54, 1.807) is 23.5 Å². The highest BCUT2D eigenvalue weighted by molar-refractivity contribution is 7.18. The van der Waals surface area contributed by atoms with Crippen LogP contribution in [0.1, 0.15) is 23.9 Å². The zero-order valence-electron chi connectivity index (χ0n) is 13.5. The molecule has 2 aromatic carbocycles. The van der Waals surface area contributed by atoms with Gasteiger partial charge in [-0.1, -0.05) is 18.2 Å². The number of benzene rings is 2. The highest BCUT2D eigenvalue weighted by Gasteiger charge is 2.32. The predicted molar refractivity (Wildman–Crippen MR) is 95.2 cm³/mol. The predicted octanol–water partition coefficient (Wildman–Crippen LogP) is 4.18.